The van der Waals surface area contributed by atoms with Gasteiger partial charge in [-0.15, -0.1) is 10.2 Å². The molecule has 1 saturated heterocycles. The minimum Gasteiger partial charge on any atom is -0.349 e. The van der Waals surface area contributed by atoms with Crippen LogP contribution >= 0.6 is 22.7 Å². The van der Waals surface area contributed by atoms with Crippen molar-refractivity contribution in [2.75, 3.05) is 13.1 Å². The molecule has 2 aromatic heterocycles. The van der Waals surface area contributed by atoms with Crippen molar-refractivity contribution in [1.29, 1.82) is 0 Å². The van der Waals surface area contributed by atoms with Crippen LogP contribution in [0.3, 0.4) is 0 Å². The quantitative estimate of drug-likeness (QED) is 0.929. The van der Waals surface area contributed by atoms with E-state index in [9.17, 15) is 9.59 Å². The van der Waals surface area contributed by atoms with Crippen LogP contribution < -0.4 is 5.32 Å². The first-order chi connectivity index (χ1) is 10.6. The van der Waals surface area contributed by atoms with Gasteiger partial charge in [0.2, 0.25) is 5.01 Å². The Kier molecular flexibility index (Phi) is 4.49. The van der Waals surface area contributed by atoms with Crippen molar-refractivity contribution in [3.8, 4) is 0 Å². The number of nitrogens with one attached hydrogen (secondary N) is 1. The SMILES string of the molecule is Cc1nnc(C(=O)N2CCC(NC(=O)c3ccsc3)CC2)s1. The lowest BCUT2D eigenvalue weighted by Crippen LogP contribution is -2.46. The van der Waals surface area contributed by atoms with Crippen molar-refractivity contribution in [3.63, 3.8) is 0 Å². The van der Waals surface area contributed by atoms with E-state index >= 15 is 0 Å². The summed E-state index contributed by atoms with van der Waals surface area (Å²) in [6, 6.07) is 1.93. The number of amides is 2. The zero-order chi connectivity index (χ0) is 15.5. The van der Waals surface area contributed by atoms with E-state index in [-0.39, 0.29) is 17.9 Å². The van der Waals surface area contributed by atoms with Gasteiger partial charge in [0.05, 0.1) is 0 Å². The van der Waals surface area contributed by atoms with E-state index in [1.807, 2.05) is 23.8 Å². The topological polar surface area (TPSA) is 75.2 Å². The molecule has 0 bridgehead atoms. The van der Waals surface area contributed by atoms with Crippen LogP contribution in [0.25, 0.3) is 0 Å². The van der Waals surface area contributed by atoms with E-state index in [1.54, 1.807) is 4.90 Å². The lowest BCUT2D eigenvalue weighted by atomic mass is 10.0. The molecule has 2 amide bonds. The van der Waals surface area contributed by atoms with Gasteiger partial charge >= 0.3 is 0 Å². The number of nitrogens with zero attached hydrogens (tertiary/aromatic N) is 3. The van der Waals surface area contributed by atoms with Crippen LogP contribution in [0.5, 0.6) is 0 Å². The number of rotatable bonds is 3. The molecule has 2 aromatic rings. The van der Waals surface area contributed by atoms with E-state index in [4.69, 9.17) is 0 Å². The highest BCUT2D eigenvalue weighted by Crippen LogP contribution is 2.17. The number of hydrogen-bond donors (Lipinski definition) is 1. The smallest absolute Gasteiger partial charge is 0.284 e. The molecule has 8 heteroatoms. The van der Waals surface area contributed by atoms with Crippen LogP contribution in [-0.2, 0) is 0 Å². The van der Waals surface area contributed by atoms with Crippen molar-refractivity contribution < 1.29 is 9.59 Å². The van der Waals surface area contributed by atoms with Gasteiger partial charge in [0.25, 0.3) is 11.8 Å². The van der Waals surface area contributed by atoms with Crippen LogP contribution in [0.4, 0.5) is 0 Å². The molecule has 3 rings (SSSR count). The fourth-order valence-corrected chi connectivity index (χ4v) is 3.70. The molecular formula is C14H16N4O2S2. The van der Waals surface area contributed by atoms with Crippen LogP contribution in [0, 0.1) is 6.92 Å². The fraction of sp³-hybridized carbons (Fsp3) is 0.429. The molecular weight excluding hydrogens is 320 g/mol. The average molecular weight is 336 g/mol. The number of thiophene rings is 1. The molecule has 1 fully saturated rings. The second kappa shape index (κ2) is 6.53. The van der Waals surface area contributed by atoms with Gasteiger partial charge in [0.15, 0.2) is 0 Å². The molecule has 0 spiro atoms. The Balaban J connectivity index is 1.52. The number of carbonyl (C=O) groups is 2. The summed E-state index contributed by atoms with van der Waals surface area (Å²) in [4.78, 5) is 26.1. The Morgan fingerprint density at radius 1 is 1.32 bits per heavy atom. The molecule has 0 saturated carbocycles. The fourth-order valence-electron chi connectivity index (χ4n) is 2.41. The van der Waals surface area contributed by atoms with Crippen molar-refractivity contribution in [1.82, 2.24) is 20.4 Å². The monoisotopic (exact) mass is 336 g/mol. The van der Waals surface area contributed by atoms with E-state index in [0.717, 1.165) is 17.8 Å². The van der Waals surface area contributed by atoms with Crippen LogP contribution in [-0.4, -0.2) is 46.0 Å². The van der Waals surface area contributed by atoms with Crippen molar-refractivity contribution in [3.05, 3.63) is 32.4 Å². The Morgan fingerprint density at radius 2 is 2.09 bits per heavy atom. The van der Waals surface area contributed by atoms with Crippen molar-refractivity contribution in [2.45, 2.75) is 25.8 Å². The maximum Gasteiger partial charge on any atom is 0.284 e. The summed E-state index contributed by atoms with van der Waals surface area (Å²) in [5.74, 6) is -0.0982. The Labute approximate surface area is 136 Å². The maximum absolute atomic E-state index is 12.3. The summed E-state index contributed by atoms with van der Waals surface area (Å²) in [6.07, 6.45) is 1.53. The van der Waals surface area contributed by atoms with Crippen molar-refractivity contribution in [2.24, 2.45) is 0 Å². The number of aromatic nitrogens is 2. The minimum absolute atomic E-state index is 0.0363. The average Bonchev–Trinajstić information content (AvgIpc) is 3.18. The predicted molar refractivity (Wildman–Crippen MR) is 85.4 cm³/mol. The van der Waals surface area contributed by atoms with E-state index in [2.05, 4.69) is 15.5 Å². The van der Waals surface area contributed by atoms with Gasteiger partial charge in [-0.1, -0.05) is 11.3 Å². The highest BCUT2D eigenvalue weighted by molar-refractivity contribution is 7.13. The summed E-state index contributed by atoms with van der Waals surface area (Å²) < 4.78 is 0. The third-order valence-electron chi connectivity index (χ3n) is 3.61. The highest BCUT2D eigenvalue weighted by Gasteiger charge is 2.26. The molecule has 0 aromatic carbocycles. The summed E-state index contributed by atoms with van der Waals surface area (Å²) in [6.45, 7) is 3.10. The van der Waals surface area contributed by atoms with Crippen LogP contribution in [0.2, 0.25) is 0 Å². The second-order valence-corrected chi connectivity index (χ2v) is 7.14. The van der Waals surface area contributed by atoms with Gasteiger partial charge in [0, 0.05) is 30.1 Å². The minimum atomic E-state index is -0.0618. The Hall–Kier alpha value is -1.80. The summed E-state index contributed by atoms with van der Waals surface area (Å²) in [5, 5.41) is 15.8. The van der Waals surface area contributed by atoms with Crippen LogP contribution in [0.15, 0.2) is 16.8 Å². The molecule has 6 nitrogen and oxygen atoms in total. The van der Waals surface area contributed by atoms with Gasteiger partial charge in [-0.25, -0.2) is 0 Å². The molecule has 0 unspecified atom stereocenters. The third-order valence-corrected chi connectivity index (χ3v) is 5.12. The first-order valence-corrected chi connectivity index (χ1v) is 8.82. The number of hydrogen-bond acceptors (Lipinski definition) is 6. The van der Waals surface area contributed by atoms with Crippen molar-refractivity contribution >= 4 is 34.5 Å². The molecule has 1 aliphatic heterocycles. The van der Waals surface area contributed by atoms with Crippen LogP contribution in [0.1, 0.15) is 38.0 Å². The van der Waals surface area contributed by atoms with Gasteiger partial charge in [-0.2, -0.15) is 11.3 Å². The number of carbonyl (C=O) groups excluding carboxylic acids is 2. The highest BCUT2D eigenvalue weighted by atomic mass is 32.1. The van der Waals surface area contributed by atoms with Gasteiger partial charge in [0.1, 0.15) is 5.01 Å². The molecule has 1 N–H and O–H groups in total. The van der Waals surface area contributed by atoms with Gasteiger partial charge in [-0.3, -0.25) is 9.59 Å². The maximum atomic E-state index is 12.3. The number of aryl methyl sites for hydroxylation is 1. The molecule has 0 atom stereocenters. The molecule has 3 heterocycles. The number of likely N-dealkylation sites (tertiary alicyclic amines) is 1. The zero-order valence-corrected chi connectivity index (χ0v) is 13.7. The lowest BCUT2D eigenvalue weighted by molar-refractivity contribution is 0.0697. The summed E-state index contributed by atoms with van der Waals surface area (Å²) in [7, 11) is 0. The van der Waals surface area contributed by atoms with E-state index in [1.165, 1.54) is 22.7 Å². The molecule has 22 heavy (non-hydrogen) atoms. The normalized spacial score (nSPS) is 15.8. The largest absolute Gasteiger partial charge is 0.349 e. The first kappa shape index (κ1) is 15.1. The standard InChI is InChI=1S/C14H16N4O2S2/c1-9-16-17-13(22-9)14(20)18-5-2-11(3-6-18)15-12(19)10-4-7-21-8-10/h4,7-8,11H,2-3,5-6H2,1H3,(H,15,19). The predicted octanol–water partition coefficient (Wildman–Crippen LogP) is 1.94. The summed E-state index contributed by atoms with van der Waals surface area (Å²) in [5.41, 5.74) is 0.702. The Bertz CT molecular complexity index is 660. The molecule has 1 aliphatic rings. The summed E-state index contributed by atoms with van der Waals surface area (Å²) >= 11 is 2.83. The third kappa shape index (κ3) is 3.33. The molecule has 0 aliphatic carbocycles. The van der Waals surface area contributed by atoms with E-state index in [0.29, 0.717) is 23.7 Å². The number of piperidine rings is 1. The molecule has 116 valence electrons. The van der Waals surface area contributed by atoms with Gasteiger partial charge in [-0.05, 0) is 31.2 Å². The molecule has 0 radical (unpaired) electrons. The van der Waals surface area contributed by atoms with E-state index < -0.39 is 0 Å². The Morgan fingerprint density at radius 3 is 2.68 bits per heavy atom. The second-order valence-electron chi connectivity index (χ2n) is 5.18. The first-order valence-electron chi connectivity index (χ1n) is 7.06. The zero-order valence-electron chi connectivity index (χ0n) is 12.1. The van der Waals surface area contributed by atoms with Gasteiger partial charge < -0.3 is 10.2 Å². The lowest BCUT2D eigenvalue weighted by Gasteiger charge is -2.31.